The fourth-order valence-electron chi connectivity index (χ4n) is 1.63. The van der Waals surface area contributed by atoms with Crippen molar-refractivity contribution in [1.82, 2.24) is 0 Å². The molecule has 0 fully saturated rings. The molecule has 0 saturated carbocycles. The number of rotatable bonds is 4. The lowest BCUT2D eigenvalue weighted by Gasteiger charge is -2.07. The van der Waals surface area contributed by atoms with Gasteiger partial charge < -0.3 is 10.1 Å². The Balaban J connectivity index is 1.89. The Morgan fingerprint density at radius 1 is 1.05 bits per heavy atom. The van der Waals surface area contributed by atoms with E-state index in [4.69, 9.17) is 15.3 Å². The molecule has 0 unspecified atom stereocenters. The molecule has 0 bridgehead atoms. The largest absolute Gasteiger partial charge is 0.484 e. The van der Waals surface area contributed by atoms with Crippen molar-refractivity contribution in [2.45, 2.75) is 0 Å². The van der Waals surface area contributed by atoms with Crippen molar-refractivity contribution in [2.75, 3.05) is 11.9 Å². The molecule has 0 aliphatic rings. The Hall–Kier alpha value is -3.31. The van der Waals surface area contributed by atoms with Gasteiger partial charge in [0.2, 0.25) is 0 Å². The third-order valence-corrected chi connectivity index (χ3v) is 2.63. The first-order valence-corrected chi connectivity index (χ1v) is 6.14. The molecule has 0 aliphatic carbocycles. The second-order valence-electron chi connectivity index (χ2n) is 4.17. The van der Waals surface area contributed by atoms with Crippen LogP contribution in [0.3, 0.4) is 0 Å². The van der Waals surface area contributed by atoms with Crippen molar-refractivity contribution < 1.29 is 9.53 Å². The van der Waals surface area contributed by atoms with Crippen LogP contribution >= 0.6 is 0 Å². The Morgan fingerprint density at radius 3 is 2.43 bits per heavy atom. The van der Waals surface area contributed by atoms with Crippen molar-refractivity contribution in [1.29, 1.82) is 10.5 Å². The zero-order valence-corrected chi connectivity index (χ0v) is 11.0. The van der Waals surface area contributed by atoms with Gasteiger partial charge in [0, 0.05) is 5.69 Å². The van der Waals surface area contributed by atoms with Gasteiger partial charge in [-0.15, -0.1) is 0 Å². The molecule has 0 spiro atoms. The van der Waals surface area contributed by atoms with E-state index >= 15 is 0 Å². The summed E-state index contributed by atoms with van der Waals surface area (Å²) in [7, 11) is 0. The molecule has 2 rings (SSSR count). The van der Waals surface area contributed by atoms with Crippen LogP contribution < -0.4 is 10.1 Å². The normalized spacial score (nSPS) is 9.24. The summed E-state index contributed by atoms with van der Waals surface area (Å²) in [6.07, 6.45) is 0. The van der Waals surface area contributed by atoms with E-state index < -0.39 is 0 Å². The lowest BCUT2D eigenvalue weighted by Crippen LogP contribution is -2.20. The van der Waals surface area contributed by atoms with Gasteiger partial charge in [-0.25, -0.2) is 0 Å². The van der Waals surface area contributed by atoms with Crippen LogP contribution in [-0.2, 0) is 4.79 Å². The van der Waals surface area contributed by atoms with E-state index in [1.807, 2.05) is 12.1 Å². The molecule has 102 valence electrons. The summed E-state index contributed by atoms with van der Waals surface area (Å²) in [5.74, 6) is 0.145. The molecule has 5 heteroatoms. The van der Waals surface area contributed by atoms with Gasteiger partial charge in [0.25, 0.3) is 5.91 Å². The van der Waals surface area contributed by atoms with Crippen LogP contribution in [0.2, 0.25) is 0 Å². The third-order valence-electron chi connectivity index (χ3n) is 2.63. The van der Waals surface area contributed by atoms with Crippen LogP contribution in [0.5, 0.6) is 5.75 Å². The number of carbonyl (C=O) groups excluding carboxylic acids is 1. The lowest BCUT2D eigenvalue weighted by molar-refractivity contribution is -0.118. The van der Waals surface area contributed by atoms with E-state index in [9.17, 15) is 4.79 Å². The lowest BCUT2D eigenvalue weighted by atomic mass is 10.2. The van der Waals surface area contributed by atoms with Gasteiger partial charge in [-0.2, -0.15) is 10.5 Å². The van der Waals surface area contributed by atoms with Crippen LogP contribution in [0.25, 0.3) is 0 Å². The fourth-order valence-corrected chi connectivity index (χ4v) is 1.63. The summed E-state index contributed by atoms with van der Waals surface area (Å²) in [6, 6.07) is 17.1. The zero-order chi connectivity index (χ0) is 15.1. The second-order valence-corrected chi connectivity index (χ2v) is 4.17. The van der Waals surface area contributed by atoms with E-state index in [2.05, 4.69) is 5.32 Å². The highest BCUT2D eigenvalue weighted by Crippen LogP contribution is 2.13. The number of nitrogens with zero attached hydrogens (tertiary/aromatic N) is 2. The van der Waals surface area contributed by atoms with E-state index in [1.54, 1.807) is 48.5 Å². The summed E-state index contributed by atoms with van der Waals surface area (Å²) >= 11 is 0. The van der Waals surface area contributed by atoms with Crippen LogP contribution in [-0.4, -0.2) is 12.5 Å². The number of hydrogen-bond acceptors (Lipinski definition) is 4. The number of hydrogen-bond donors (Lipinski definition) is 1. The molecule has 2 aromatic carbocycles. The van der Waals surface area contributed by atoms with Crippen LogP contribution in [0.4, 0.5) is 5.69 Å². The Kier molecular flexibility index (Phi) is 4.53. The minimum atomic E-state index is -0.318. The number of benzene rings is 2. The Labute approximate surface area is 122 Å². The summed E-state index contributed by atoms with van der Waals surface area (Å²) in [5.41, 5.74) is 1.59. The molecule has 0 saturated heterocycles. The van der Waals surface area contributed by atoms with Gasteiger partial charge in [-0.3, -0.25) is 4.79 Å². The number of nitrogens with one attached hydrogen (secondary N) is 1. The molecule has 0 heterocycles. The molecule has 1 amide bonds. The molecule has 0 aromatic heterocycles. The molecular formula is C16H11N3O2. The molecule has 2 aromatic rings. The first-order chi connectivity index (χ1) is 10.2. The quantitative estimate of drug-likeness (QED) is 0.930. The summed E-state index contributed by atoms with van der Waals surface area (Å²) in [4.78, 5) is 11.7. The standard InChI is InChI=1S/C16H11N3O2/c17-9-12-4-6-14(7-5-12)19-16(20)11-21-15-3-1-2-13(8-15)10-18/h1-8H,11H2,(H,19,20). The van der Waals surface area contributed by atoms with Gasteiger partial charge in [-0.05, 0) is 42.5 Å². The minimum absolute atomic E-state index is 0.158. The number of ether oxygens (including phenoxy) is 1. The van der Waals surface area contributed by atoms with Gasteiger partial charge in [0.05, 0.1) is 23.3 Å². The summed E-state index contributed by atoms with van der Waals surface area (Å²) in [5, 5.41) is 20.1. The molecule has 21 heavy (non-hydrogen) atoms. The molecule has 0 aliphatic heterocycles. The van der Waals surface area contributed by atoms with Crippen LogP contribution in [0.1, 0.15) is 11.1 Å². The molecule has 0 atom stereocenters. The average Bonchev–Trinajstić information content (AvgIpc) is 2.54. The van der Waals surface area contributed by atoms with Crippen molar-refractivity contribution in [3.05, 3.63) is 59.7 Å². The maximum atomic E-state index is 11.7. The number of amides is 1. The summed E-state index contributed by atoms with van der Waals surface area (Å²) < 4.78 is 5.31. The monoisotopic (exact) mass is 277 g/mol. The molecule has 1 N–H and O–H groups in total. The Morgan fingerprint density at radius 2 is 1.76 bits per heavy atom. The molecule has 5 nitrogen and oxygen atoms in total. The minimum Gasteiger partial charge on any atom is -0.484 e. The predicted octanol–water partition coefficient (Wildman–Crippen LogP) is 2.45. The third kappa shape index (κ3) is 4.09. The van der Waals surface area contributed by atoms with Crippen LogP contribution in [0.15, 0.2) is 48.5 Å². The van der Waals surface area contributed by atoms with E-state index in [0.29, 0.717) is 22.6 Å². The number of anilines is 1. The molecular weight excluding hydrogens is 266 g/mol. The van der Waals surface area contributed by atoms with Crippen molar-refractivity contribution in [3.8, 4) is 17.9 Å². The van der Waals surface area contributed by atoms with Crippen LogP contribution in [0, 0.1) is 22.7 Å². The second kappa shape index (κ2) is 6.74. The van der Waals surface area contributed by atoms with Gasteiger partial charge in [0.15, 0.2) is 6.61 Å². The SMILES string of the molecule is N#Cc1ccc(NC(=O)COc2cccc(C#N)c2)cc1. The van der Waals surface area contributed by atoms with Gasteiger partial charge >= 0.3 is 0 Å². The van der Waals surface area contributed by atoms with Crippen molar-refractivity contribution in [2.24, 2.45) is 0 Å². The van der Waals surface area contributed by atoms with E-state index in [0.717, 1.165) is 0 Å². The zero-order valence-electron chi connectivity index (χ0n) is 11.0. The smallest absolute Gasteiger partial charge is 0.262 e. The first kappa shape index (κ1) is 14.1. The molecule has 0 radical (unpaired) electrons. The number of carbonyl (C=O) groups is 1. The highest BCUT2D eigenvalue weighted by molar-refractivity contribution is 5.91. The maximum absolute atomic E-state index is 11.7. The number of nitriles is 2. The highest BCUT2D eigenvalue weighted by Gasteiger charge is 2.04. The average molecular weight is 277 g/mol. The predicted molar refractivity (Wildman–Crippen MR) is 76.4 cm³/mol. The van der Waals surface area contributed by atoms with E-state index in [1.165, 1.54) is 0 Å². The Bertz CT molecular complexity index is 724. The van der Waals surface area contributed by atoms with Crippen molar-refractivity contribution >= 4 is 11.6 Å². The van der Waals surface area contributed by atoms with Gasteiger partial charge in [0.1, 0.15) is 5.75 Å². The van der Waals surface area contributed by atoms with Gasteiger partial charge in [-0.1, -0.05) is 6.07 Å². The van der Waals surface area contributed by atoms with E-state index in [-0.39, 0.29) is 12.5 Å². The highest BCUT2D eigenvalue weighted by atomic mass is 16.5. The topological polar surface area (TPSA) is 85.9 Å². The fraction of sp³-hybridized carbons (Fsp3) is 0.0625. The summed E-state index contributed by atoms with van der Waals surface area (Å²) in [6.45, 7) is -0.158. The van der Waals surface area contributed by atoms with Crippen molar-refractivity contribution in [3.63, 3.8) is 0 Å². The maximum Gasteiger partial charge on any atom is 0.262 e. The first-order valence-electron chi connectivity index (χ1n) is 6.14.